The van der Waals surface area contributed by atoms with Gasteiger partial charge in [0.1, 0.15) is 23.3 Å². The third kappa shape index (κ3) is 4.77. The van der Waals surface area contributed by atoms with Crippen LogP contribution in [0, 0.1) is 34.0 Å². The molecule has 13 rings (SSSR count). The average Bonchev–Trinajstić information content (AvgIpc) is 4.08. The van der Waals surface area contributed by atoms with Crippen LogP contribution in [0.3, 0.4) is 0 Å². The highest BCUT2D eigenvalue weighted by Crippen LogP contribution is 2.49. The van der Waals surface area contributed by atoms with Crippen LogP contribution in [0.1, 0.15) is 34.4 Å². The molecule has 4 heterocycles. The van der Waals surface area contributed by atoms with Crippen molar-refractivity contribution < 1.29 is 4.42 Å². The van der Waals surface area contributed by atoms with Crippen molar-refractivity contribution in [3.05, 3.63) is 192 Å². The molecule has 12 aromatic rings. The Labute approximate surface area is 366 Å². The molecule has 0 unspecified atom stereocenters. The summed E-state index contributed by atoms with van der Waals surface area (Å²) in [7, 11) is 0. The predicted octanol–water partition coefficient (Wildman–Crippen LogP) is 14.0. The van der Waals surface area contributed by atoms with Gasteiger partial charge in [0.15, 0.2) is 0 Å². The third-order valence-corrected chi connectivity index (χ3v) is 13.2. The van der Waals surface area contributed by atoms with Crippen molar-refractivity contribution in [2.75, 3.05) is 0 Å². The molecule has 0 bridgehead atoms. The fraction of sp³-hybridized carbons (Fsp3) is 0.0351. The lowest BCUT2D eigenvalue weighted by Crippen LogP contribution is -2.15. The highest BCUT2D eigenvalue weighted by molar-refractivity contribution is 6.18. The number of nitriles is 3. The Hall–Kier alpha value is -9.09. The number of nitrogens with zero attached hydrogens (tertiary/aromatic N) is 6. The summed E-state index contributed by atoms with van der Waals surface area (Å²) >= 11 is 0. The number of benzene rings is 8. The van der Waals surface area contributed by atoms with Gasteiger partial charge in [0.2, 0.25) is 0 Å². The van der Waals surface area contributed by atoms with Gasteiger partial charge in [-0.25, -0.2) is 0 Å². The molecule has 0 fully saturated rings. The van der Waals surface area contributed by atoms with E-state index in [0.29, 0.717) is 44.9 Å². The molecular formula is C57H32N6O. The van der Waals surface area contributed by atoms with Crippen LogP contribution < -0.4 is 0 Å². The number of aryl methyl sites for hydroxylation is 1. The number of hydrogen-bond donors (Lipinski definition) is 0. The van der Waals surface area contributed by atoms with E-state index in [-0.39, 0.29) is 0 Å². The maximum Gasteiger partial charge on any atom is 0.136 e. The number of para-hydroxylation sites is 5. The van der Waals surface area contributed by atoms with Gasteiger partial charge in [-0.3, -0.25) is 0 Å². The molecule has 0 N–H and O–H groups in total. The number of fused-ring (bicyclic) bond motifs is 12. The molecule has 0 atom stereocenters. The zero-order valence-corrected chi connectivity index (χ0v) is 34.2. The molecule has 8 aromatic carbocycles. The molecule has 296 valence electrons. The van der Waals surface area contributed by atoms with Crippen molar-refractivity contribution >= 4 is 82.5 Å². The summed E-state index contributed by atoms with van der Waals surface area (Å²) in [6.07, 6.45) is 6.15. The molecule has 7 heteroatoms. The van der Waals surface area contributed by atoms with E-state index in [9.17, 15) is 15.8 Å². The summed E-state index contributed by atoms with van der Waals surface area (Å²) < 4.78 is 13.3. The van der Waals surface area contributed by atoms with Crippen molar-refractivity contribution in [2.24, 2.45) is 0 Å². The van der Waals surface area contributed by atoms with Crippen molar-refractivity contribution in [3.63, 3.8) is 0 Å². The van der Waals surface area contributed by atoms with E-state index in [1.165, 1.54) is 5.56 Å². The van der Waals surface area contributed by atoms with Gasteiger partial charge in [-0.2, -0.15) is 15.8 Å². The monoisotopic (exact) mass is 816 g/mol. The van der Waals surface area contributed by atoms with E-state index in [1.807, 2.05) is 48.5 Å². The highest BCUT2D eigenvalue weighted by Gasteiger charge is 2.34. The van der Waals surface area contributed by atoms with Gasteiger partial charge in [0.25, 0.3) is 0 Å². The van der Waals surface area contributed by atoms with Gasteiger partial charge in [-0.1, -0.05) is 109 Å². The van der Waals surface area contributed by atoms with Gasteiger partial charge in [0.05, 0.1) is 67.4 Å². The van der Waals surface area contributed by atoms with Gasteiger partial charge >= 0.3 is 0 Å². The quantitative estimate of drug-likeness (QED) is 0.177. The van der Waals surface area contributed by atoms with Crippen LogP contribution in [0.15, 0.2) is 168 Å². The van der Waals surface area contributed by atoms with E-state index in [2.05, 4.69) is 141 Å². The molecule has 0 saturated carbocycles. The summed E-state index contributed by atoms with van der Waals surface area (Å²) in [5.74, 6) is 0. The van der Waals surface area contributed by atoms with Crippen LogP contribution >= 0.6 is 0 Å². The summed E-state index contributed by atoms with van der Waals surface area (Å²) in [6, 6.07) is 60.9. The van der Waals surface area contributed by atoms with Gasteiger partial charge in [-0.05, 0) is 84.6 Å². The van der Waals surface area contributed by atoms with E-state index in [1.54, 1.807) is 12.1 Å². The molecular weight excluding hydrogens is 785 g/mol. The zero-order valence-electron chi connectivity index (χ0n) is 34.2. The first-order valence-electron chi connectivity index (χ1n) is 21.3. The summed E-state index contributed by atoms with van der Waals surface area (Å²) in [5, 5.41) is 40.9. The lowest BCUT2D eigenvalue weighted by atomic mass is 9.90. The van der Waals surface area contributed by atoms with E-state index >= 15 is 0 Å². The minimum atomic E-state index is 0.341. The smallest absolute Gasteiger partial charge is 0.136 e. The molecule has 1 aliphatic rings. The van der Waals surface area contributed by atoms with Crippen LogP contribution in [-0.2, 0) is 6.42 Å². The zero-order chi connectivity index (χ0) is 42.6. The maximum atomic E-state index is 11.9. The van der Waals surface area contributed by atoms with Crippen molar-refractivity contribution in [2.45, 2.75) is 12.8 Å². The Morgan fingerprint density at radius 2 is 0.969 bits per heavy atom. The Morgan fingerprint density at radius 3 is 1.59 bits per heavy atom. The average molecular weight is 817 g/mol. The minimum absolute atomic E-state index is 0.341. The molecule has 64 heavy (non-hydrogen) atoms. The van der Waals surface area contributed by atoms with Crippen molar-refractivity contribution in [1.29, 1.82) is 15.8 Å². The first-order chi connectivity index (χ1) is 31.7. The molecule has 0 spiro atoms. The standard InChI is InChI=1S/C57H32N6O/c58-31-34-25-27-35(28-26-34)54-44(32-59)55(61-46-19-7-1-13-36(46)37-14-2-8-20-47(37)61)57(56(45(54)33-60)62-48-21-9-3-15-38(48)39-16-4-10-22-49(39)62)63-50-23-11-5-17-40(50)42-30-53-43(29-51(42)63)41-18-6-12-24-52(41)64-53/h1-3,5-15,17-30H,4,16H2. The van der Waals surface area contributed by atoms with Gasteiger partial charge < -0.3 is 18.1 Å². The second-order valence-electron chi connectivity index (χ2n) is 16.4. The first kappa shape index (κ1) is 35.6. The number of allylic oxidation sites excluding steroid dienone is 1. The van der Waals surface area contributed by atoms with Gasteiger partial charge in [-0.15, -0.1) is 0 Å². The van der Waals surface area contributed by atoms with E-state index < -0.39 is 0 Å². The predicted molar refractivity (Wildman–Crippen MR) is 256 cm³/mol. The van der Waals surface area contributed by atoms with Crippen LogP contribution in [0.25, 0.3) is 111 Å². The van der Waals surface area contributed by atoms with Gasteiger partial charge in [0, 0.05) is 49.0 Å². The largest absolute Gasteiger partial charge is 0.456 e. The first-order valence-corrected chi connectivity index (χ1v) is 21.3. The van der Waals surface area contributed by atoms with Crippen LogP contribution in [0.5, 0.6) is 0 Å². The normalized spacial score (nSPS) is 12.5. The Balaban J connectivity index is 1.36. The van der Waals surface area contributed by atoms with Crippen LogP contribution in [-0.4, -0.2) is 13.7 Å². The molecule has 0 aliphatic heterocycles. The summed E-state index contributed by atoms with van der Waals surface area (Å²) in [5.41, 5.74) is 12.7. The Morgan fingerprint density at radius 1 is 0.438 bits per heavy atom. The fourth-order valence-electron chi connectivity index (χ4n) is 10.6. The van der Waals surface area contributed by atoms with Crippen molar-refractivity contribution in [1.82, 2.24) is 13.7 Å². The summed E-state index contributed by atoms with van der Waals surface area (Å²) in [6.45, 7) is 0. The number of furan rings is 1. The fourth-order valence-corrected chi connectivity index (χ4v) is 10.6. The molecule has 0 saturated heterocycles. The molecule has 4 aromatic heterocycles. The number of hydrogen-bond acceptors (Lipinski definition) is 4. The second kappa shape index (κ2) is 13.5. The molecule has 0 amide bonds. The van der Waals surface area contributed by atoms with Crippen LogP contribution in [0.2, 0.25) is 0 Å². The lowest BCUT2D eigenvalue weighted by Gasteiger charge is -2.27. The minimum Gasteiger partial charge on any atom is -0.456 e. The van der Waals surface area contributed by atoms with E-state index in [4.69, 9.17) is 4.42 Å². The molecule has 7 nitrogen and oxygen atoms in total. The number of rotatable bonds is 4. The topological polar surface area (TPSA) is 99.3 Å². The SMILES string of the molecule is N#Cc1ccc(-c2c(C#N)c(-n3c4c(c5ccccc53)CCC=C4)c(-n3c4ccccc4c4cc5oc6ccccc6c5cc43)c(-n3c4ccccc4c4ccccc43)c2C#N)cc1. The maximum absolute atomic E-state index is 11.9. The number of aromatic nitrogens is 3. The summed E-state index contributed by atoms with van der Waals surface area (Å²) in [4.78, 5) is 0. The molecule has 0 radical (unpaired) electrons. The molecule has 1 aliphatic carbocycles. The van der Waals surface area contributed by atoms with E-state index in [0.717, 1.165) is 95.0 Å². The van der Waals surface area contributed by atoms with Crippen molar-refractivity contribution in [3.8, 4) is 46.4 Å². The third-order valence-electron chi connectivity index (χ3n) is 13.2. The van der Waals surface area contributed by atoms with Crippen LogP contribution in [0.4, 0.5) is 0 Å². The Kier molecular flexibility index (Phi) is 7.49. The lowest BCUT2D eigenvalue weighted by molar-refractivity contribution is 0.669. The highest BCUT2D eigenvalue weighted by atomic mass is 16.3. The Bertz CT molecular complexity index is 4110. The second-order valence-corrected chi connectivity index (χ2v) is 16.4.